The van der Waals surface area contributed by atoms with Gasteiger partial charge in [0.15, 0.2) is 0 Å². The van der Waals surface area contributed by atoms with Gasteiger partial charge in [-0.15, -0.1) is 0 Å². The number of aromatic amines is 1. The van der Waals surface area contributed by atoms with Gasteiger partial charge in [0.05, 0.1) is 17.5 Å². The summed E-state index contributed by atoms with van der Waals surface area (Å²) in [5.74, 6) is 1.16. The van der Waals surface area contributed by atoms with E-state index in [1.54, 1.807) is 0 Å². The molecule has 0 spiro atoms. The molecule has 4 heterocycles. The molecule has 2 aliphatic rings. The zero-order valence-corrected chi connectivity index (χ0v) is 16.9. The van der Waals surface area contributed by atoms with E-state index in [0.717, 1.165) is 30.5 Å². The van der Waals surface area contributed by atoms with Crippen LogP contribution in [0.5, 0.6) is 5.75 Å². The Balaban J connectivity index is 1.51. The lowest BCUT2D eigenvalue weighted by atomic mass is 9.93. The summed E-state index contributed by atoms with van der Waals surface area (Å²) in [7, 11) is 0. The Morgan fingerprint density at radius 1 is 1.23 bits per heavy atom. The van der Waals surface area contributed by atoms with E-state index < -0.39 is 11.9 Å². The van der Waals surface area contributed by atoms with Crippen molar-refractivity contribution in [3.63, 3.8) is 0 Å². The van der Waals surface area contributed by atoms with Crippen molar-refractivity contribution in [3.05, 3.63) is 47.9 Å². The van der Waals surface area contributed by atoms with Crippen LogP contribution in [-0.4, -0.2) is 57.1 Å². The van der Waals surface area contributed by atoms with Crippen molar-refractivity contribution in [3.8, 4) is 5.75 Å². The zero-order chi connectivity index (χ0) is 20.9. The fourth-order valence-corrected chi connectivity index (χ4v) is 4.76. The van der Waals surface area contributed by atoms with Crippen molar-refractivity contribution in [1.29, 1.82) is 0 Å². The van der Waals surface area contributed by atoms with Crippen molar-refractivity contribution in [1.82, 2.24) is 19.9 Å². The SMILES string of the molecule is CSC1CN(C2COc3ccccc3C2Nc2ncnc3[nH]c(C(F)(F)F)cc23)C1. The Hall–Kier alpha value is -2.46. The van der Waals surface area contributed by atoms with Gasteiger partial charge in [0.2, 0.25) is 0 Å². The van der Waals surface area contributed by atoms with Gasteiger partial charge in [0, 0.05) is 23.9 Å². The third-order valence-corrected chi connectivity index (χ3v) is 6.72. The van der Waals surface area contributed by atoms with Gasteiger partial charge in [0.25, 0.3) is 0 Å². The topological polar surface area (TPSA) is 66.1 Å². The average Bonchev–Trinajstić information content (AvgIpc) is 3.14. The number of benzene rings is 1. The Bertz CT molecular complexity index is 1070. The van der Waals surface area contributed by atoms with Gasteiger partial charge >= 0.3 is 6.18 Å². The minimum Gasteiger partial charge on any atom is -0.491 e. The number of hydrogen-bond donors (Lipinski definition) is 2. The predicted octanol–water partition coefficient (Wildman–Crippen LogP) is 3.94. The molecule has 1 fully saturated rings. The molecule has 2 N–H and O–H groups in total. The molecule has 6 nitrogen and oxygen atoms in total. The third kappa shape index (κ3) is 3.37. The highest BCUT2D eigenvalue weighted by molar-refractivity contribution is 7.99. The first kappa shape index (κ1) is 19.5. The van der Waals surface area contributed by atoms with Gasteiger partial charge in [-0.1, -0.05) is 18.2 Å². The van der Waals surface area contributed by atoms with Gasteiger partial charge in [-0.2, -0.15) is 24.9 Å². The molecule has 0 aliphatic carbocycles. The van der Waals surface area contributed by atoms with E-state index in [9.17, 15) is 13.2 Å². The normalized spacial score (nSPS) is 22.4. The first-order valence-electron chi connectivity index (χ1n) is 9.60. The lowest BCUT2D eigenvalue weighted by molar-refractivity contribution is -0.140. The first-order chi connectivity index (χ1) is 14.4. The van der Waals surface area contributed by atoms with Crippen LogP contribution in [-0.2, 0) is 6.18 Å². The molecule has 3 aromatic rings. The Labute approximate surface area is 175 Å². The van der Waals surface area contributed by atoms with E-state index >= 15 is 0 Å². The van der Waals surface area contributed by atoms with Crippen molar-refractivity contribution in [2.45, 2.75) is 23.5 Å². The standard InChI is InChI=1S/C20H20F3N5OS/c1-30-11-7-28(8-11)14-9-29-15-5-3-2-4-12(15)17(14)27-19-13-6-16(20(21,22)23)26-18(13)24-10-25-19/h2-6,10-11,14,17H,7-9H2,1H3,(H2,24,25,26,27). The number of alkyl halides is 3. The van der Waals surface area contributed by atoms with Crippen LogP contribution in [0.15, 0.2) is 36.7 Å². The lowest BCUT2D eigenvalue weighted by Crippen LogP contribution is -2.59. The Morgan fingerprint density at radius 3 is 2.80 bits per heavy atom. The number of rotatable bonds is 4. The number of para-hydroxylation sites is 1. The molecular formula is C20H20F3N5OS. The second kappa shape index (κ2) is 7.35. The maximum atomic E-state index is 13.2. The quantitative estimate of drug-likeness (QED) is 0.647. The van der Waals surface area contributed by atoms with Crippen molar-refractivity contribution in [2.24, 2.45) is 0 Å². The summed E-state index contributed by atoms with van der Waals surface area (Å²) >= 11 is 1.84. The predicted molar refractivity (Wildman–Crippen MR) is 110 cm³/mol. The van der Waals surface area contributed by atoms with Crippen molar-refractivity contribution in [2.75, 3.05) is 31.3 Å². The molecule has 2 unspecified atom stereocenters. The van der Waals surface area contributed by atoms with E-state index in [0.29, 0.717) is 23.1 Å². The maximum Gasteiger partial charge on any atom is 0.431 e. The maximum absolute atomic E-state index is 13.2. The number of fused-ring (bicyclic) bond motifs is 2. The number of hydrogen-bond acceptors (Lipinski definition) is 6. The lowest BCUT2D eigenvalue weighted by Gasteiger charge is -2.48. The number of nitrogens with zero attached hydrogens (tertiary/aromatic N) is 3. The minimum atomic E-state index is -4.48. The number of thioether (sulfide) groups is 1. The molecule has 0 bridgehead atoms. The number of likely N-dealkylation sites (tertiary alicyclic amines) is 1. The molecule has 2 aromatic heterocycles. The average molecular weight is 435 g/mol. The molecule has 2 aliphatic heterocycles. The molecule has 1 aromatic carbocycles. The summed E-state index contributed by atoms with van der Waals surface area (Å²) in [6.07, 6.45) is -1.10. The zero-order valence-electron chi connectivity index (χ0n) is 16.1. The van der Waals surface area contributed by atoms with Crippen LogP contribution < -0.4 is 10.1 Å². The number of H-pyrrole nitrogens is 1. The van der Waals surface area contributed by atoms with E-state index in [1.807, 2.05) is 36.0 Å². The summed E-state index contributed by atoms with van der Waals surface area (Å²) < 4.78 is 45.5. The summed E-state index contributed by atoms with van der Waals surface area (Å²) in [6, 6.07) is 8.69. The third-order valence-electron chi connectivity index (χ3n) is 5.75. The number of halogens is 3. The second-order valence-corrected chi connectivity index (χ2v) is 8.65. The first-order valence-corrected chi connectivity index (χ1v) is 10.9. The van der Waals surface area contributed by atoms with Gasteiger partial charge in [-0.05, 0) is 18.4 Å². The van der Waals surface area contributed by atoms with Gasteiger partial charge in [-0.25, -0.2) is 9.97 Å². The summed E-state index contributed by atoms with van der Waals surface area (Å²) in [5, 5.41) is 4.32. The van der Waals surface area contributed by atoms with E-state index in [1.165, 1.54) is 6.33 Å². The highest BCUT2D eigenvalue weighted by Crippen LogP contribution is 2.40. The molecular weight excluding hydrogens is 415 g/mol. The fourth-order valence-electron chi connectivity index (χ4n) is 4.08. The number of nitrogens with one attached hydrogen (secondary N) is 2. The molecule has 5 rings (SSSR count). The highest BCUT2D eigenvalue weighted by atomic mass is 32.2. The summed E-state index contributed by atoms with van der Waals surface area (Å²) in [4.78, 5) is 12.9. The largest absolute Gasteiger partial charge is 0.491 e. The molecule has 10 heteroatoms. The number of anilines is 1. The molecule has 158 valence electrons. The van der Waals surface area contributed by atoms with Crippen LogP contribution in [0.1, 0.15) is 17.3 Å². The van der Waals surface area contributed by atoms with E-state index in [2.05, 4.69) is 31.4 Å². The minimum absolute atomic E-state index is 0.0503. The Kier molecular flexibility index (Phi) is 4.78. The molecule has 0 radical (unpaired) electrons. The smallest absolute Gasteiger partial charge is 0.431 e. The van der Waals surface area contributed by atoms with Crippen LogP contribution in [0.3, 0.4) is 0 Å². The fraction of sp³-hybridized carbons (Fsp3) is 0.400. The van der Waals surface area contributed by atoms with E-state index in [-0.39, 0.29) is 17.7 Å². The number of aromatic nitrogens is 3. The molecule has 30 heavy (non-hydrogen) atoms. The molecule has 2 atom stereocenters. The number of ether oxygens (including phenoxy) is 1. The van der Waals surface area contributed by atoms with Gasteiger partial charge < -0.3 is 15.0 Å². The molecule has 0 saturated carbocycles. The summed E-state index contributed by atoms with van der Waals surface area (Å²) in [5.41, 5.74) is 0.290. The van der Waals surface area contributed by atoms with Crippen LogP contribution in [0, 0.1) is 0 Å². The van der Waals surface area contributed by atoms with Gasteiger partial charge in [-0.3, -0.25) is 4.90 Å². The molecule has 0 amide bonds. The van der Waals surface area contributed by atoms with Gasteiger partial charge in [0.1, 0.15) is 35.8 Å². The highest BCUT2D eigenvalue weighted by Gasteiger charge is 2.41. The van der Waals surface area contributed by atoms with Crippen LogP contribution in [0.2, 0.25) is 0 Å². The van der Waals surface area contributed by atoms with Crippen molar-refractivity contribution >= 4 is 28.6 Å². The van der Waals surface area contributed by atoms with Crippen LogP contribution >= 0.6 is 11.8 Å². The summed E-state index contributed by atoms with van der Waals surface area (Å²) in [6.45, 7) is 2.42. The monoisotopic (exact) mass is 435 g/mol. The van der Waals surface area contributed by atoms with Crippen LogP contribution in [0.25, 0.3) is 11.0 Å². The molecule has 1 saturated heterocycles. The second-order valence-electron chi connectivity index (χ2n) is 7.52. The van der Waals surface area contributed by atoms with Crippen molar-refractivity contribution < 1.29 is 17.9 Å². The van der Waals surface area contributed by atoms with Crippen LogP contribution in [0.4, 0.5) is 19.0 Å². The van der Waals surface area contributed by atoms with E-state index in [4.69, 9.17) is 4.74 Å². The Morgan fingerprint density at radius 2 is 2.03 bits per heavy atom.